The van der Waals surface area contributed by atoms with Gasteiger partial charge in [-0.2, -0.15) is 0 Å². The maximum atomic E-state index is 13.3. The van der Waals surface area contributed by atoms with Crippen molar-refractivity contribution in [2.45, 2.75) is 65.2 Å². The predicted octanol–water partition coefficient (Wildman–Crippen LogP) is 3.02. The molecule has 2 N–H and O–H groups in total. The Morgan fingerprint density at radius 3 is 2.65 bits per heavy atom. The van der Waals surface area contributed by atoms with Crippen LogP contribution in [0, 0.1) is 11.8 Å². The Balaban J connectivity index is 1.90. The van der Waals surface area contributed by atoms with Gasteiger partial charge in [-0.15, -0.1) is 0 Å². The monoisotopic (exact) mass is 554 g/mol. The van der Waals surface area contributed by atoms with E-state index in [0.29, 0.717) is 38.2 Å². The normalized spacial score (nSPS) is 28.8. The third-order valence-electron chi connectivity index (χ3n) is 7.06. The molecule has 0 aromatic carbocycles. The number of hydrogen-bond acceptors (Lipinski definition) is 8. The van der Waals surface area contributed by atoms with Gasteiger partial charge in [0.25, 0.3) is 5.91 Å². The maximum absolute atomic E-state index is 13.3. The number of hydrogen-bond donors (Lipinski definition) is 2. The first kappa shape index (κ1) is 31.0. The minimum Gasteiger partial charge on any atom is -0.457 e. The number of carbonyl (C=O) groups excluding carboxylic acids is 3. The number of aromatic nitrogens is 1. The molecule has 0 aliphatic carbocycles. The lowest BCUT2D eigenvalue weighted by Crippen LogP contribution is -2.36. The number of fused-ring (bicyclic) bond motifs is 3. The first-order valence-electron chi connectivity index (χ1n) is 13.8. The molecule has 3 rings (SSSR count). The van der Waals surface area contributed by atoms with Crippen molar-refractivity contribution in [3.8, 4) is 0 Å². The van der Waals surface area contributed by atoms with Crippen molar-refractivity contribution in [2.75, 3.05) is 27.2 Å². The molecule has 2 bridgehead atoms. The number of aliphatic hydroxyl groups excluding tert-OH is 1. The van der Waals surface area contributed by atoms with Crippen LogP contribution in [-0.4, -0.2) is 83.1 Å². The second-order valence-electron chi connectivity index (χ2n) is 11.0. The Morgan fingerprint density at radius 2 is 1.95 bits per heavy atom. The molecular formula is C30H42N4O6. The lowest BCUT2D eigenvalue weighted by molar-refractivity contribution is -0.149. The van der Waals surface area contributed by atoms with Crippen LogP contribution in [-0.2, 0) is 20.7 Å². The Hall–Kier alpha value is -3.50. The number of aliphatic hydroxyl groups is 1. The summed E-state index contributed by atoms with van der Waals surface area (Å²) in [5.74, 6) is -1.19. The van der Waals surface area contributed by atoms with Crippen molar-refractivity contribution in [2.24, 2.45) is 11.8 Å². The molecule has 10 heteroatoms. The molecule has 1 aromatic rings. The fourth-order valence-corrected chi connectivity index (χ4v) is 4.84. The molecule has 10 nitrogen and oxygen atoms in total. The molecule has 2 aliphatic rings. The number of nitrogens with zero attached hydrogens (tertiary/aromatic N) is 3. The second-order valence-corrected chi connectivity index (χ2v) is 11.0. The topological polar surface area (TPSA) is 125 Å². The van der Waals surface area contributed by atoms with E-state index in [9.17, 15) is 19.5 Å². The van der Waals surface area contributed by atoms with Crippen molar-refractivity contribution < 1.29 is 28.6 Å². The number of amides is 2. The van der Waals surface area contributed by atoms with E-state index in [-0.39, 0.29) is 35.2 Å². The zero-order valence-electron chi connectivity index (χ0n) is 24.3. The number of ether oxygens (including phenoxy) is 1. The summed E-state index contributed by atoms with van der Waals surface area (Å²) in [4.78, 5) is 46.7. The molecule has 3 heterocycles. The van der Waals surface area contributed by atoms with E-state index >= 15 is 0 Å². The van der Waals surface area contributed by atoms with Crippen LogP contribution in [0.2, 0.25) is 0 Å². The van der Waals surface area contributed by atoms with Crippen molar-refractivity contribution in [3.63, 3.8) is 0 Å². The van der Waals surface area contributed by atoms with Gasteiger partial charge in [-0.05, 0) is 45.9 Å². The van der Waals surface area contributed by atoms with Gasteiger partial charge in [0.1, 0.15) is 18.1 Å². The molecule has 4 atom stereocenters. The average Bonchev–Trinajstić information content (AvgIpc) is 3.57. The van der Waals surface area contributed by atoms with Crippen molar-refractivity contribution in [1.82, 2.24) is 20.1 Å². The van der Waals surface area contributed by atoms with Crippen LogP contribution in [0.25, 0.3) is 0 Å². The van der Waals surface area contributed by atoms with Crippen LogP contribution in [0.1, 0.15) is 56.9 Å². The standard InChI is InChI=1S/C30H42N4O6/c1-19(2)28-21(4)11-12-26(36)31-13-7-9-20(3)15-23(35)16-22(33(5)6)17-27-32-24(18-39-27)29(37)34-14-8-10-25(34)30(38)40-28/h7,9-12,15,18-19,21-23,28,35H,8,13-14,16-17H2,1-6H3,(H,31,36)/b9-7+,12-11+,20-15+/t21-,22+,23-,28-/m1/s1. The molecule has 0 saturated heterocycles. The minimum atomic E-state index is -0.717. The highest BCUT2D eigenvalue weighted by Gasteiger charge is 2.33. The highest BCUT2D eigenvalue weighted by atomic mass is 16.5. The van der Waals surface area contributed by atoms with Gasteiger partial charge in [0.15, 0.2) is 11.6 Å². The molecular weight excluding hydrogens is 512 g/mol. The molecule has 0 saturated carbocycles. The molecule has 2 aliphatic heterocycles. The first-order chi connectivity index (χ1) is 19.0. The van der Waals surface area contributed by atoms with E-state index in [2.05, 4.69) is 10.3 Å². The third-order valence-corrected chi connectivity index (χ3v) is 7.06. The summed E-state index contributed by atoms with van der Waals surface area (Å²) in [5.41, 5.74) is 1.15. The Labute approximate surface area is 236 Å². The second kappa shape index (κ2) is 14.2. The number of carbonyl (C=O) groups is 3. The summed E-state index contributed by atoms with van der Waals surface area (Å²) in [5, 5.41) is 13.5. The van der Waals surface area contributed by atoms with Gasteiger partial charge in [0.05, 0.1) is 6.10 Å². The molecule has 0 radical (unpaired) electrons. The molecule has 0 fully saturated rings. The summed E-state index contributed by atoms with van der Waals surface area (Å²) < 4.78 is 11.5. The lowest BCUT2D eigenvalue weighted by atomic mass is 9.94. The average molecular weight is 555 g/mol. The van der Waals surface area contributed by atoms with Crippen LogP contribution >= 0.6 is 0 Å². The summed E-state index contributed by atoms with van der Waals surface area (Å²) >= 11 is 0. The predicted molar refractivity (Wildman–Crippen MR) is 151 cm³/mol. The molecule has 0 unspecified atom stereocenters. The number of allylic oxidation sites excluding steroid dienone is 2. The van der Waals surface area contributed by atoms with Gasteiger partial charge in [-0.25, -0.2) is 9.78 Å². The van der Waals surface area contributed by atoms with Crippen LogP contribution in [0.4, 0.5) is 0 Å². The molecule has 2 amide bonds. The van der Waals surface area contributed by atoms with Crippen molar-refractivity contribution in [1.29, 1.82) is 0 Å². The SMILES string of the molecule is CC1=C\[C@@H](O)C[C@H](N(C)C)Cc2nc(co2)C(=O)N2CCC=C2C(=O)O[C@H](C(C)C)[C@H](C)/C=C/C(=O)NC\C=C\1. The van der Waals surface area contributed by atoms with E-state index in [0.717, 1.165) is 5.57 Å². The number of rotatable bonds is 2. The first-order valence-corrected chi connectivity index (χ1v) is 13.8. The minimum absolute atomic E-state index is 0.0249. The smallest absolute Gasteiger partial charge is 0.355 e. The van der Waals surface area contributed by atoms with Crippen LogP contribution in [0.5, 0.6) is 0 Å². The van der Waals surface area contributed by atoms with Crippen molar-refractivity contribution in [3.05, 3.63) is 65.6 Å². The zero-order chi connectivity index (χ0) is 29.4. The number of oxazole rings is 1. The fourth-order valence-electron chi connectivity index (χ4n) is 4.84. The Bertz CT molecular complexity index is 1180. The number of likely N-dealkylation sites (N-methyl/N-ethyl adjacent to an activating group) is 1. The van der Waals surface area contributed by atoms with Crippen molar-refractivity contribution >= 4 is 17.8 Å². The van der Waals surface area contributed by atoms with Gasteiger partial charge in [0.2, 0.25) is 5.91 Å². The van der Waals surface area contributed by atoms with E-state index in [4.69, 9.17) is 9.15 Å². The maximum Gasteiger partial charge on any atom is 0.355 e. The number of cyclic esters (lactones) is 1. The summed E-state index contributed by atoms with van der Waals surface area (Å²) in [6.45, 7) is 8.31. The van der Waals surface area contributed by atoms with E-state index in [1.54, 1.807) is 18.2 Å². The van der Waals surface area contributed by atoms with Gasteiger partial charge in [0, 0.05) is 31.5 Å². The summed E-state index contributed by atoms with van der Waals surface area (Å²) in [6, 6.07) is -0.107. The van der Waals surface area contributed by atoms with Crippen LogP contribution in [0.3, 0.4) is 0 Å². The quantitative estimate of drug-likeness (QED) is 0.535. The molecule has 0 spiro atoms. The zero-order valence-corrected chi connectivity index (χ0v) is 24.3. The third kappa shape index (κ3) is 8.50. The highest BCUT2D eigenvalue weighted by molar-refractivity contribution is 6.00. The van der Waals surface area contributed by atoms with E-state index < -0.39 is 24.1 Å². The van der Waals surface area contributed by atoms with E-state index in [1.165, 1.54) is 17.2 Å². The van der Waals surface area contributed by atoms with Crippen LogP contribution in [0.15, 0.2) is 58.4 Å². The molecule has 218 valence electrons. The Morgan fingerprint density at radius 1 is 1.20 bits per heavy atom. The number of nitrogens with one attached hydrogen (secondary N) is 1. The van der Waals surface area contributed by atoms with Crippen LogP contribution < -0.4 is 5.32 Å². The van der Waals surface area contributed by atoms with E-state index in [1.807, 2.05) is 58.8 Å². The summed E-state index contributed by atoms with van der Waals surface area (Å²) in [7, 11) is 3.82. The fraction of sp³-hybridized carbons (Fsp3) is 0.533. The van der Waals surface area contributed by atoms with Gasteiger partial charge >= 0.3 is 5.97 Å². The van der Waals surface area contributed by atoms with Gasteiger partial charge in [-0.3, -0.25) is 9.59 Å². The Kier molecular flexibility index (Phi) is 11.0. The summed E-state index contributed by atoms with van der Waals surface area (Å²) in [6.07, 6.45) is 11.7. The number of esters is 1. The molecule has 40 heavy (non-hydrogen) atoms. The highest BCUT2D eigenvalue weighted by Crippen LogP contribution is 2.25. The van der Waals surface area contributed by atoms with Gasteiger partial charge < -0.3 is 29.4 Å². The largest absolute Gasteiger partial charge is 0.457 e. The molecule has 1 aromatic heterocycles. The van der Waals surface area contributed by atoms with Gasteiger partial charge in [-0.1, -0.05) is 56.7 Å². The lowest BCUT2D eigenvalue weighted by Gasteiger charge is -2.27.